The first-order chi connectivity index (χ1) is 20.2. The molecule has 0 bridgehead atoms. The highest BCUT2D eigenvalue weighted by molar-refractivity contribution is 7.98. The quantitative estimate of drug-likeness (QED) is 0.236. The Morgan fingerprint density at radius 1 is 0.857 bits per heavy atom. The number of nitrogens with zero attached hydrogens (tertiary/aromatic N) is 4. The minimum absolute atomic E-state index is 0.206. The Morgan fingerprint density at radius 3 is 2.05 bits per heavy atom. The Hall–Kier alpha value is -3.78. The van der Waals surface area contributed by atoms with Crippen molar-refractivity contribution < 1.29 is 19.1 Å². The number of hydrogen-bond donors (Lipinski definition) is 3. The summed E-state index contributed by atoms with van der Waals surface area (Å²) in [6, 6.07) is 7.23. The van der Waals surface area contributed by atoms with Gasteiger partial charge >= 0.3 is 0 Å². The molecule has 0 aromatic carbocycles. The molecule has 0 radical (unpaired) electrons. The number of carbonyl (C=O) groups excluding carboxylic acids is 3. The summed E-state index contributed by atoms with van der Waals surface area (Å²) in [4.78, 5) is 43.5. The van der Waals surface area contributed by atoms with Gasteiger partial charge in [-0.1, -0.05) is 0 Å². The van der Waals surface area contributed by atoms with E-state index >= 15 is 0 Å². The molecule has 5 heterocycles. The van der Waals surface area contributed by atoms with E-state index in [1.54, 1.807) is 75.4 Å². The minimum atomic E-state index is -0.355. The topological polar surface area (TPSA) is 115 Å². The number of aromatic nitrogens is 3. The second kappa shape index (κ2) is 13.0. The highest BCUT2D eigenvalue weighted by Gasteiger charge is 2.20. The Bertz CT molecular complexity index is 1590. The predicted octanol–water partition coefficient (Wildman–Crippen LogP) is 3.72. The number of thiophene rings is 1. The number of rotatable bonds is 10. The third kappa shape index (κ3) is 6.65. The molecule has 4 aromatic rings. The van der Waals surface area contributed by atoms with E-state index in [1.165, 1.54) is 4.90 Å². The van der Waals surface area contributed by atoms with Crippen LogP contribution in [0.15, 0.2) is 53.1 Å². The Labute approximate surface area is 252 Å². The fourth-order valence-electron chi connectivity index (χ4n) is 4.93. The SMILES string of the molecule is CSc1ccsc1-c1cc(C(=O)Nc2cc(C(=O)Nc3cc(C(=O)NCCN4CCOCC4)n(C)c3)n(C)c2)n(C)c1. The lowest BCUT2D eigenvalue weighted by atomic mass is 10.2. The molecular weight excluding hydrogens is 574 g/mol. The number of aryl methyl sites for hydroxylation is 3. The number of nitrogens with one attached hydrogen (secondary N) is 3. The Kier molecular flexibility index (Phi) is 9.21. The normalized spacial score (nSPS) is 13.7. The molecule has 13 heteroatoms. The summed E-state index contributed by atoms with van der Waals surface area (Å²) in [5.41, 5.74) is 3.32. The Morgan fingerprint density at radius 2 is 1.43 bits per heavy atom. The van der Waals surface area contributed by atoms with Crippen LogP contribution < -0.4 is 16.0 Å². The second-order valence-corrected chi connectivity index (χ2v) is 11.9. The molecule has 1 aliphatic heterocycles. The number of hydrogen-bond acceptors (Lipinski definition) is 7. The molecule has 42 heavy (non-hydrogen) atoms. The number of amides is 3. The smallest absolute Gasteiger partial charge is 0.272 e. The maximum atomic E-state index is 13.1. The monoisotopic (exact) mass is 609 g/mol. The van der Waals surface area contributed by atoms with Crippen molar-refractivity contribution in [1.29, 1.82) is 0 Å². The van der Waals surface area contributed by atoms with Crippen LogP contribution in [0.4, 0.5) is 11.4 Å². The van der Waals surface area contributed by atoms with E-state index in [0.717, 1.165) is 30.1 Å². The van der Waals surface area contributed by atoms with Gasteiger partial charge < -0.3 is 34.4 Å². The summed E-state index contributed by atoms with van der Waals surface area (Å²) in [6.07, 6.45) is 7.37. The van der Waals surface area contributed by atoms with Crippen LogP contribution in [0, 0.1) is 0 Å². The molecule has 0 atom stereocenters. The largest absolute Gasteiger partial charge is 0.379 e. The first kappa shape index (κ1) is 29.7. The highest BCUT2D eigenvalue weighted by Crippen LogP contribution is 2.36. The van der Waals surface area contributed by atoms with E-state index in [9.17, 15) is 14.4 Å². The average molecular weight is 610 g/mol. The van der Waals surface area contributed by atoms with Crippen molar-refractivity contribution >= 4 is 52.2 Å². The third-order valence-corrected chi connectivity index (χ3v) is 9.03. The van der Waals surface area contributed by atoms with Gasteiger partial charge in [-0.15, -0.1) is 23.1 Å². The number of thioether (sulfide) groups is 1. The minimum Gasteiger partial charge on any atom is -0.379 e. The van der Waals surface area contributed by atoms with Crippen molar-refractivity contribution in [3.8, 4) is 10.4 Å². The van der Waals surface area contributed by atoms with E-state index in [4.69, 9.17) is 4.74 Å². The number of morpholine rings is 1. The molecule has 0 saturated carbocycles. The van der Waals surface area contributed by atoms with E-state index in [1.807, 2.05) is 30.9 Å². The molecule has 4 aromatic heterocycles. The van der Waals surface area contributed by atoms with Crippen LogP contribution in [-0.4, -0.2) is 82.0 Å². The molecule has 1 fully saturated rings. The maximum Gasteiger partial charge on any atom is 0.272 e. The van der Waals surface area contributed by atoms with Gasteiger partial charge in [0, 0.05) is 81.2 Å². The van der Waals surface area contributed by atoms with Gasteiger partial charge in [-0.25, -0.2) is 0 Å². The summed E-state index contributed by atoms with van der Waals surface area (Å²) < 4.78 is 10.5. The summed E-state index contributed by atoms with van der Waals surface area (Å²) >= 11 is 3.32. The number of carbonyl (C=O) groups is 3. The lowest BCUT2D eigenvalue weighted by molar-refractivity contribution is 0.0383. The molecule has 11 nitrogen and oxygen atoms in total. The van der Waals surface area contributed by atoms with Crippen LogP contribution >= 0.6 is 23.1 Å². The van der Waals surface area contributed by atoms with Gasteiger partial charge in [-0.05, 0) is 35.9 Å². The zero-order valence-electron chi connectivity index (χ0n) is 24.1. The lowest BCUT2D eigenvalue weighted by Gasteiger charge is -2.26. The van der Waals surface area contributed by atoms with E-state index in [2.05, 4.69) is 26.9 Å². The van der Waals surface area contributed by atoms with Crippen molar-refractivity contribution in [2.24, 2.45) is 21.1 Å². The lowest BCUT2D eigenvalue weighted by Crippen LogP contribution is -2.41. The van der Waals surface area contributed by atoms with Crippen molar-refractivity contribution in [2.45, 2.75) is 4.90 Å². The standard InChI is InChI=1S/C29H35N7O4S2/c1-33-16-19(26-25(41-4)5-12-42-26)13-22(33)28(38)31-21-15-24(35(3)18-21)29(39)32-20-14-23(34(2)17-20)27(37)30-6-7-36-8-10-40-11-9-36/h5,12-18H,6-11H2,1-4H3,(H,30,37)(H,31,38)(H,32,39). The van der Waals surface area contributed by atoms with Crippen LogP contribution in [0.3, 0.4) is 0 Å². The average Bonchev–Trinajstić information content (AvgIpc) is 3.75. The summed E-state index contributed by atoms with van der Waals surface area (Å²) in [7, 11) is 5.34. The van der Waals surface area contributed by atoms with Crippen LogP contribution in [0.25, 0.3) is 10.4 Å². The van der Waals surface area contributed by atoms with Gasteiger partial charge in [0.2, 0.25) is 0 Å². The molecule has 0 unspecified atom stereocenters. The van der Waals surface area contributed by atoms with Crippen LogP contribution in [0.1, 0.15) is 31.5 Å². The molecule has 1 saturated heterocycles. The zero-order chi connectivity index (χ0) is 29.8. The number of anilines is 2. The first-order valence-electron chi connectivity index (χ1n) is 13.6. The van der Waals surface area contributed by atoms with Gasteiger partial charge in [0.15, 0.2) is 0 Å². The van der Waals surface area contributed by atoms with Crippen molar-refractivity contribution in [3.63, 3.8) is 0 Å². The van der Waals surface area contributed by atoms with Crippen LogP contribution in [0.5, 0.6) is 0 Å². The van der Waals surface area contributed by atoms with Gasteiger partial charge in [0.05, 0.1) is 24.6 Å². The van der Waals surface area contributed by atoms with E-state index in [-0.39, 0.29) is 17.7 Å². The van der Waals surface area contributed by atoms with Crippen LogP contribution in [0.2, 0.25) is 0 Å². The molecular formula is C29H35N7O4S2. The van der Waals surface area contributed by atoms with Gasteiger partial charge in [-0.3, -0.25) is 19.3 Å². The Balaban J connectivity index is 1.19. The molecule has 222 valence electrons. The molecule has 3 N–H and O–H groups in total. The van der Waals surface area contributed by atoms with Crippen LogP contribution in [-0.2, 0) is 25.9 Å². The molecule has 3 amide bonds. The van der Waals surface area contributed by atoms with Gasteiger partial charge in [-0.2, -0.15) is 0 Å². The fourth-order valence-corrected chi connectivity index (χ4v) is 6.69. The first-order valence-corrected chi connectivity index (χ1v) is 15.7. The maximum absolute atomic E-state index is 13.1. The van der Waals surface area contributed by atoms with E-state index < -0.39 is 0 Å². The molecule has 0 aliphatic carbocycles. The van der Waals surface area contributed by atoms with Crippen molar-refractivity contribution in [3.05, 3.63) is 65.3 Å². The second-order valence-electron chi connectivity index (χ2n) is 10.1. The predicted molar refractivity (Wildman–Crippen MR) is 167 cm³/mol. The van der Waals surface area contributed by atoms with Gasteiger partial charge in [0.1, 0.15) is 17.1 Å². The number of ether oxygens (including phenoxy) is 1. The summed E-state index contributed by atoms with van der Waals surface area (Å²) in [6.45, 7) is 4.44. The third-order valence-electron chi connectivity index (χ3n) is 7.16. The molecule has 0 spiro atoms. The highest BCUT2D eigenvalue weighted by atomic mass is 32.2. The van der Waals surface area contributed by atoms with Crippen molar-refractivity contribution in [2.75, 3.05) is 56.3 Å². The van der Waals surface area contributed by atoms with Crippen molar-refractivity contribution in [1.82, 2.24) is 23.9 Å². The summed E-state index contributed by atoms with van der Waals surface area (Å²) in [5.74, 6) is -0.829. The fraction of sp³-hybridized carbons (Fsp3) is 0.345. The zero-order valence-corrected chi connectivity index (χ0v) is 25.7. The van der Waals surface area contributed by atoms with Gasteiger partial charge in [0.25, 0.3) is 17.7 Å². The van der Waals surface area contributed by atoms with E-state index in [0.29, 0.717) is 48.2 Å². The molecule has 5 rings (SSSR count). The summed E-state index contributed by atoms with van der Waals surface area (Å²) in [5, 5.41) is 10.8. The molecule has 1 aliphatic rings.